The molecule has 19 heavy (non-hydrogen) atoms. The van der Waals surface area contributed by atoms with Gasteiger partial charge in [0.1, 0.15) is 11.9 Å². The molecule has 0 radical (unpaired) electrons. The number of hydrogen-bond donors (Lipinski definition) is 1. The molecule has 2 aromatic rings. The molecule has 1 unspecified atom stereocenters. The van der Waals surface area contributed by atoms with Crippen LogP contribution in [0.25, 0.3) is 0 Å². The maximum atomic E-state index is 14.0. The number of ether oxygens (including phenoxy) is 1. The second-order valence-electron chi connectivity index (χ2n) is 3.93. The quantitative estimate of drug-likeness (QED) is 0.931. The van der Waals surface area contributed by atoms with E-state index in [1.165, 1.54) is 37.4 Å². The molecule has 0 aliphatic rings. The van der Waals surface area contributed by atoms with E-state index >= 15 is 0 Å². The van der Waals surface area contributed by atoms with Crippen molar-refractivity contribution in [2.45, 2.75) is 6.10 Å². The van der Waals surface area contributed by atoms with Crippen molar-refractivity contribution in [2.75, 3.05) is 7.11 Å². The highest BCUT2D eigenvalue weighted by molar-refractivity contribution is 6.30. The van der Waals surface area contributed by atoms with Crippen molar-refractivity contribution in [3.05, 3.63) is 64.2 Å². The molecular weight excluding hydrogens is 274 g/mol. The molecule has 2 rings (SSSR count). The maximum absolute atomic E-state index is 14.0. The first-order chi connectivity index (χ1) is 9.04. The van der Waals surface area contributed by atoms with Crippen molar-refractivity contribution < 1.29 is 18.6 Å². The molecule has 0 aromatic heterocycles. The first-order valence-corrected chi connectivity index (χ1v) is 5.87. The summed E-state index contributed by atoms with van der Waals surface area (Å²) in [7, 11) is 1.32. The van der Waals surface area contributed by atoms with E-state index in [-0.39, 0.29) is 21.9 Å². The van der Waals surface area contributed by atoms with Gasteiger partial charge in [0.15, 0.2) is 11.6 Å². The fraction of sp³-hybridized carbons (Fsp3) is 0.143. The summed E-state index contributed by atoms with van der Waals surface area (Å²) < 4.78 is 32.5. The number of rotatable bonds is 3. The second-order valence-corrected chi connectivity index (χ2v) is 4.37. The van der Waals surface area contributed by atoms with Gasteiger partial charge in [0, 0.05) is 16.1 Å². The first-order valence-electron chi connectivity index (χ1n) is 5.50. The molecule has 0 fully saturated rings. The minimum atomic E-state index is -1.42. The number of hydrogen-bond acceptors (Lipinski definition) is 2. The topological polar surface area (TPSA) is 29.5 Å². The molecule has 0 saturated carbocycles. The molecular formula is C14H11ClF2O2. The number of benzene rings is 2. The summed E-state index contributed by atoms with van der Waals surface area (Å²) in [5, 5.41) is 10.3. The summed E-state index contributed by atoms with van der Waals surface area (Å²) in [6.07, 6.45) is -1.42. The Hall–Kier alpha value is -1.65. The van der Waals surface area contributed by atoms with Gasteiger partial charge in [0.2, 0.25) is 0 Å². The maximum Gasteiger partial charge on any atom is 0.171 e. The molecule has 0 amide bonds. The average Bonchev–Trinajstić information content (AvgIpc) is 2.38. The number of aliphatic hydroxyl groups is 1. The highest BCUT2D eigenvalue weighted by Gasteiger charge is 2.20. The monoisotopic (exact) mass is 284 g/mol. The third-order valence-corrected chi connectivity index (χ3v) is 3.00. The Morgan fingerprint density at radius 1 is 1.16 bits per heavy atom. The van der Waals surface area contributed by atoms with Gasteiger partial charge >= 0.3 is 0 Å². The third kappa shape index (κ3) is 2.69. The number of halogens is 3. The molecule has 0 bridgehead atoms. The second kappa shape index (κ2) is 5.55. The Labute approximate surface area is 114 Å². The minimum absolute atomic E-state index is 0.00841. The van der Waals surface area contributed by atoms with Crippen LogP contribution in [0.1, 0.15) is 17.2 Å². The molecule has 0 spiro atoms. The summed E-state index contributed by atoms with van der Waals surface area (Å²) in [4.78, 5) is 0. The van der Waals surface area contributed by atoms with Crippen molar-refractivity contribution in [3.63, 3.8) is 0 Å². The van der Waals surface area contributed by atoms with Crippen molar-refractivity contribution in [2.24, 2.45) is 0 Å². The van der Waals surface area contributed by atoms with E-state index in [0.717, 1.165) is 6.07 Å². The summed E-state index contributed by atoms with van der Waals surface area (Å²) in [5.74, 6) is -1.42. The summed E-state index contributed by atoms with van der Waals surface area (Å²) >= 11 is 5.63. The zero-order valence-corrected chi connectivity index (χ0v) is 10.8. The Morgan fingerprint density at radius 2 is 1.89 bits per heavy atom. The molecule has 0 aliphatic carbocycles. The SMILES string of the molecule is COc1cccc(C(O)c2ccc(Cl)cc2F)c1F. The molecule has 2 nitrogen and oxygen atoms in total. The Bertz CT molecular complexity index is 602. The standard InChI is InChI=1S/C14H11ClF2O2/c1-19-12-4-2-3-10(13(12)17)14(18)9-6-5-8(15)7-11(9)16/h2-7,14,18H,1H3. The normalized spacial score (nSPS) is 12.3. The number of aliphatic hydroxyl groups excluding tert-OH is 1. The van der Waals surface area contributed by atoms with Crippen LogP contribution < -0.4 is 4.74 Å². The van der Waals surface area contributed by atoms with Gasteiger partial charge in [0.05, 0.1) is 7.11 Å². The summed E-state index contributed by atoms with van der Waals surface area (Å²) in [6, 6.07) is 8.13. The number of methoxy groups -OCH3 is 1. The van der Waals surface area contributed by atoms with Crippen LogP contribution in [0.4, 0.5) is 8.78 Å². The Kier molecular flexibility index (Phi) is 4.02. The van der Waals surface area contributed by atoms with Crippen molar-refractivity contribution in [3.8, 4) is 5.75 Å². The predicted octanol–water partition coefficient (Wildman–Crippen LogP) is 3.71. The van der Waals surface area contributed by atoms with E-state index in [0.29, 0.717) is 0 Å². The van der Waals surface area contributed by atoms with Gasteiger partial charge in [-0.2, -0.15) is 0 Å². The van der Waals surface area contributed by atoms with E-state index in [2.05, 4.69) is 0 Å². The van der Waals surface area contributed by atoms with Gasteiger partial charge in [-0.05, 0) is 18.2 Å². The molecule has 100 valence electrons. The minimum Gasteiger partial charge on any atom is -0.494 e. The van der Waals surface area contributed by atoms with E-state index in [4.69, 9.17) is 16.3 Å². The lowest BCUT2D eigenvalue weighted by molar-refractivity contribution is 0.208. The lowest BCUT2D eigenvalue weighted by atomic mass is 10.0. The van der Waals surface area contributed by atoms with Gasteiger partial charge in [0.25, 0.3) is 0 Å². The Balaban J connectivity index is 2.47. The van der Waals surface area contributed by atoms with Gasteiger partial charge in [-0.1, -0.05) is 29.8 Å². The van der Waals surface area contributed by atoms with E-state index < -0.39 is 17.7 Å². The molecule has 1 N–H and O–H groups in total. The average molecular weight is 285 g/mol. The van der Waals surface area contributed by atoms with Crippen LogP contribution in [0.15, 0.2) is 36.4 Å². The van der Waals surface area contributed by atoms with Gasteiger partial charge in [-0.3, -0.25) is 0 Å². The van der Waals surface area contributed by atoms with Crippen molar-refractivity contribution in [1.29, 1.82) is 0 Å². The van der Waals surface area contributed by atoms with Crippen molar-refractivity contribution in [1.82, 2.24) is 0 Å². The predicted molar refractivity (Wildman–Crippen MR) is 68.4 cm³/mol. The van der Waals surface area contributed by atoms with Gasteiger partial charge in [-0.15, -0.1) is 0 Å². The smallest absolute Gasteiger partial charge is 0.171 e. The van der Waals surface area contributed by atoms with E-state index in [1.807, 2.05) is 0 Å². The fourth-order valence-electron chi connectivity index (χ4n) is 1.79. The fourth-order valence-corrected chi connectivity index (χ4v) is 1.95. The third-order valence-electron chi connectivity index (χ3n) is 2.76. The zero-order valence-electron chi connectivity index (χ0n) is 10.0. The van der Waals surface area contributed by atoms with Gasteiger partial charge < -0.3 is 9.84 Å². The van der Waals surface area contributed by atoms with Crippen LogP contribution in [0.5, 0.6) is 5.75 Å². The zero-order chi connectivity index (χ0) is 14.0. The first kappa shape index (κ1) is 13.8. The molecule has 1 atom stereocenters. The van der Waals surface area contributed by atoms with Crippen LogP contribution in [0, 0.1) is 11.6 Å². The molecule has 2 aromatic carbocycles. The highest BCUT2D eigenvalue weighted by atomic mass is 35.5. The van der Waals surface area contributed by atoms with E-state index in [1.54, 1.807) is 0 Å². The van der Waals surface area contributed by atoms with Crippen LogP contribution in [0.2, 0.25) is 5.02 Å². The largest absolute Gasteiger partial charge is 0.494 e. The van der Waals surface area contributed by atoms with Crippen LogP contribution >= 0.6 is 11.6 Å². The molecule has 5 heteroatoms. The van der Waals surface area contributed by atoms with Crippen molar-refractivity contribution >= 4 is 11.6 Å². The summed E-state index contributed by atoms with van der Waals surface area (Å²) in [5.41, 5.74) is -0.0999. The molecule has 0 saturated heterocycles. The molecule has 0 aliphatic heterocycles. The van der Waals surface area contributed by atoms with Crippen LogP contribution in [-0.2, 0) is 0 Å². The summed E-state index contributed by atoms with van der Waals surface area (Å²) in [6.45, 7) is 0. The lowest BCUT2D eigenvalue weighted by Crippen LogP contribution is -2.06. The van der Waals surface area contributed by atoms with Gasteiger partial charge in [-0.25, -0.2) is 8.78 Å². The van der Waals surface area contributed by atoms with Crippen LogP contribution in [-0.4, -0.2) is 12.2 Å². The Morgan fingerprint density at radius 3 is 2.53 bits per heavy atom. The molecule has 0 heterocycles. The van der Waals surface area contributed by atoms with Crippen LogP contribution in [0.3, 0.4) is 0 Å². The van der Waals surface area contributed by atoms with E-state index in [9.17, 15) is 13.9 Å². The lowest BCUT2D eigenvalue weighted by Gasteiger charge is -2.15. The highest BCUT2D eigenvalue weighted by Crippen LogP contribution is 2.31.